The molecule has 0 aliphatic rings. The molecule has 1 heterocycles. The van der Waals surface area contributed by atoms with Crippen molar-refractivity contribution in [2.24, 2.45) is 0 Å². The minimum atomic E-state index is -0.323. The molecule has 4 heteroatoms. The van der Waals surface area contributed by atoms with E-state index in [1.807, 2.05) is 0 Å². The highest BCUT2D eigenvalue weighted by Gasteiger charge is 2.14. The van der Waals surface area contributed by atoms with Gasteiger partial charge in [-0.05, 0) is 19.9 Å². The van der Waals surface area contributed by atoms with Gasteiger partial charge in [-0.25, -0.2) is 4.79 Å². The molecular weight excluding hydrogens is 236 g/mol. The molecule has 0 amide bonds. The molecule has 0 unspecified atom stereocenters. The Balaban J connectivity index is 2.87. The molecule has 1 rings (SSSR count). The first-order valence-corrected chi connectivity index (χ1v) is 5.13. The van der Waals surface area contributed by atoms with E-state index in [1.54, 1.807) is 19.9 Å². The Labute approximate surface area is 85.2 Å². The van der Waals surface area contributed by atoms with E-state index in [4.69, 9.17) is 9.15 Å². The fraction of sp³-hybridized carbons (Fsp3) is 0.444. The number of halogens is 1. The van der Waals surface area contributed by atoms with E-state index in [2.05, 4.69) is 15.9 Å². The second-order valence-electron chi connectivity index (χ2n) is 2.54. The van der Waals surface area contributed by atoms with Crippen LogP contribution in [0, 0.1) is 6.92 Å². The fourth-order valence-electron chi connectivity index (χ4n) is 1.02. The van der Waals surface area contributed by atoms with Gasteiger partial charge in [0.2, 0.25) is 0 Å². The maximum atomic E-state index is 11.3. The fourth-order valence-corrected chi connectivity index (χ4v) is 1.30. The average Bonchev–Trinajstić information content (AvgIpc) is 2.47. The molecule has 0 bridgehead atoms. The number of alkyl halides is 1. The molecule has 3 nitrogen and oxygen atoms in total. The Kier molecular flexibility index (Phi) is 3.54. The molecule has 0 saturated carbocycles. The number of carbonyl (C=O) groups is 1. The quantitative estimate of drug-likeness (QED) is 0.608. The summed E-state index contributed by atoms with van der Waals surface area (Å²) < 4.78 is 10.1. The number of carbonyl (C=O) groups excluding carboxylic acids is 1. The first-order chi connectivity index (χ1) is 6.19. The summed E-state index contributed by atoms with van der Waals surface area (Å²) in [5.74, 6) is 1.02. The molecule has 13 heavy (non-hydrogen) atoms. The average molecular weight is 247 g/mol. The van der Waals surface area contributed by atoms with Gasteiger partial charge in [0.15, 0.2) is 0 Å². The second kappa shape index (κ2) is 4.46. The minimum Gasteiger partial charge on any atom is -0.465 e. The van der Waals surface area contributed by atoms with Crippen molar-refractivity contribution in [3.05, 3.63) is 23.2 Å². The zero-order chi connectivity index (χ0) is 9.84. The summed E-state index contributed by atoms with van der Waals surface area (Å²) in [7, 11) is 0. The molecule has 1 aromatic rings. The van der Waals surface area contributed by atoms with Crippen molar-refractivity contribution < 1.29 is 13.9 Å². The number of aryl methyl sites for hydroxylation is 1. The molecule has 0 saturated heterocycles. The lowest BCUT2D eigenvalue weighted by Gasteiger charge is -1.97. The van der Waals surface area contributed by atoms with Crippen molar-refractivity contribution in [3.63, 3.8) is 0 Å². The van der Waals surface area contributed by atoms with Crippen molar-refractivity contribution in [2.45, 2.75) is 19.2 Å². The smallest absolute Gasteiger partial charge is 0.341 e. The van der Waals surface area contributed by atoms with Crippen LogP contribution in [0.5, 0.6) is 0 Å². The van der Waals surface area contributed by atoms with E-state index in [-0.39, 0.29) is 5.97 Å². The maximum absolute atomic E-state index is 11.3. The maximum Gasteiger partial charge on any atom is 0.341 e. The zero-order valence-corrected chi connectivity index (χ0v) is 9.18. The topological polar surface area (TPSA) is 39.4 Å². The summed E-state index contributed by atoms with van der Waals surface area (Å²) in [4.78, 5) is 11.3. The molecule has 0 aliphatic carbocycles. The van der Waals surface area contributed by atoms with Gasteiger partial charge in [-0.2, -0.15) is 0 Å². The summed E-state index contributed by atoms with van der Waals surface area (Å²) in [5.41, 5.74) is 0.510. The predicted molar refractivity (Wildman–Crippen MR) is 52.0 cm³/mol. The van der Waals surface area contributed by atoms with Crippen LogP contribution < -0.4 is 0 Å². The highest BCUT2D eigenvalue weighted by molar-refractivity contribution is 9.08. The van der Waals surface area contributed by atoms with E-state index in [1.165, 1.54) is 0 Å². The lowest BCUT2D eigenvalue weighted by Crippen LogP contribution is -2.04. The largest absolute Gasteiger partial charge is 0.465 e. The first kappa shape index (κ1) is 10.3. The molecule has 72 valence electrons. The molecule has 1 aromatic heterocycles. The summed E-state index contributed by atoms with van der Waals surface area (Å²) >= 11 is 3.25. The Morgan fingerprint density at radius 1 is 1.69 bits per heavy atom. The third-order valence-electron chi connectivity index (χ3n) is 1.60. The van der Waals surface area contributed by atoms with Crippen molar-refractivity contribution in [1.82, 2.24) is 0 Å². The van der Waals surface area contributed by atoms with Crippen LogP contribution >= 0.6 is 15.9 Å². The summed E-state index contributed by atoms with van der Waals surface area (Å²) in [5, 5.41) is 0.604. The third kappa shape index (κ3) is 2.34. The Morgan fingerprint density at radius 2 is 2.38 bits per heavy atom. The van der Waals surface area contributed by atoms with Crippen LogP contribution in [-0.2, 0) is 10.1 Å². The van der Waals surface area contributed by atoms with Gasteiger partial charge in [0, 0.05) is 0 Å². The summed E-state index contributed by atoms with van der Waals surface area (Å²) in [6, 6.07) is 1.70. The lowest BCUT2D eigenvalue weighted by atomic mass is 10.2. The second-order valence-corrected chi connectivity index (χ2v) is 3.10. The van der Waals surface area contributed by atoms with Gasteiger partial charge >= 0.3 is 5.97 Å². The van der Waals surface area contributed by atoms with Gasteiger partial charge in [-0.3, -0.25) is 0 Å². The highest BCUT2D eigenvalue weighted by Crippen LogP contribution is 2.17. The van der Waals surface area contributed by atoms with Crippen molar-refractivity contribution >= 4 is 21.9 Å². The highest BCUT2D eigenvalue weighted by atomic mass is 79.9. The molecule has 0 N–H and O–H groups in total. The minimum absolute atomic E-state index is 0.323. The number of hydrogen-bond acceptors (Lipinski definition) is 3. The first-order valence-electron chi connectivity index (χ1n) is 4.01. The van der Waals surface area contributed by atoms with Crippen LogP contribution in [0.25, 0.3) is 0 Å². The van der Waals surface area contributed by atoms with E-state index >= 15 is 0 Å². The number of ether oxygens (including phenoxy) is 1. The Hall–Kier alpha value is -0.770. The van der Waals surface area contributed by atoms with Gasteiger partial charge in [0.05, 0.1) is 11.9 Å². The zero-order valence-electron chi connectivity index (χ0n) is 7.59. The predicted octanol–water partition coefficient (Wildman–Crippen LogP) is 2.66. The summed E-state index contributed by atoms with van der Waals surface area (Å²) in [6.45, 7) is 3.91. The molecule has 0 fully saturated rings. The summed E-state index contributed by atoms with van der Waals surface area (Å²) in [6.07, 6.45) is 0. The van der Waals surface area contributed by atoms with Crippen LogP contribution in [0.2, 0.25) is 0 Å². The van der Waals surface area contributed by atoms with E-state index in [0.717, 1.165) is 5.76 Å². The van der Waals surface area contributed by atoms with Crippen LogP contribution in [-0.4, -0.2) is 12.6 Å². The van der Waals surface area contributed by atoms with Crippen LogP contribution in [0.4, 0.5) is 0 Å². The number of esters is 1. The van der Waals surface area contributed by atoms with Gasteiger partial charge in [0.25, 0.3) is 0 Å². The molecule has 0 spiro atoms. The van der Waals surface area contributed by atoms with Crippen LogP contribution in [0.15, 0.2) is 10.5 Å². The van der Waals surface area contributed by atoms with E-state index < -0.39 is 0 Å². The van der Waals surface area contributed by atoms with Gasteiger partial charge < -0.3 is 9.15 Å². The molecular formula is C9H11BrO3. The molecule has 0 radical (unpaired) electrons. The van der Waals surface area contributed by atoms with Gasteiger partial charge in [0.1, 0.15) is 17.1 Å². The van der Waals surface area contributed by atoms with Crippen molar-refractivity contribution in [1.29, 1.82) is 0 Å². The monoisotopic (exact) mass is 246 g/mol. The SMILES string of the molecule is CCOC(=O)c1cc(CBr)oc1C. The molecule has 0 atom stereocenters. The lowest BCUT2D eigenvalue weighted by molar-refractivity contribution is 0.0524. The number of rotatable bonds is 3. The standard InChI is InChI=1S/C9H11BrO3/c1-3-12-9(11)8-4-7(5-10)13-6(8)2/h4H,3,5H2,1-2H3. The number of furan rings is 1. The Bertz CT molecular complexity index is 304. The third-order valence-corrected chi connectivity index (χ3v) is 2.15. The Morgan fingerprint density at radius 3 is 2.85 bits per heavy atom. The molecule has 0 aliphatic heterocycles. The van der Waals surface area contributed by atoms with E-state index in [9.17, 15) is 4.79 Å². The van der Waals surface area contributed by atoms with Gasteiger partial charge in [-0.1, -0.05) is 15.9 Å². The van der Waals surface area contributed by atoms with Gasteiger partial charge in [-0.15, -0.1) is 0 Å². The molecule has 0 aromatic carbocycles. The normalized spacial score (nSPS) is 10.1. The van der Waals surface area contributed by atoms with Crippen molar-refractivity contribution in [3.8, 4) is 0 Å². The van der Waals surface area contributed by atoms with Crippen LogP contribution in [0.1, 0.15) is 28.8 Å². The number of hydrogen-bond donors (Lipinski definition) is 0. The van der Waals surface area contributed by atoms with Crippen LogP contribution in [0.3, 0.4) is 0 Å². The van der Waals surface area contributed by atoms with Crippen molar-refractivity contribution in [2.75, 3.05) is 6.61 Å². The van der Waals surface area contributed by atoms with E-state index in [0.29, 0.717) is 23.3 Å².